The number of amides is 1. The van der Waals surface area contributed by atoms with Crippen LogP contribution in [0.4, 0.5) is 0 Å². The SMILES string of the molecule is Cl.O=C(C1CCCS1)N1CCNCC1c1cccnc1. The summed E-state index contributed by atoms with van der Waals surface area (Å²) in [5.41, 5.74) is 1.13. The fourth-order valence-electron chi connectivity index (χ4n) is 2.80. The minimum atomic E-state index is 0. The number of carbonyl (C=O) groups excluding carboxylic acids is 1. The molecule has 3 heterocycles. The Labute approximate surface area is 130 Å². The second kappa shape index (κ2) is 7.29. The number of hydrogen-bond acceptors (Lipinski definition) is 4. The summed E-state index contributed by atoms with van der Waals surface area (Å²) in [7, 11) is 0. The minimum absolute atomic E-state index is 0. The first-order valence-electron chi connectivity index (χ1n) is 6.89. The second-order valence-electron chi connectivity index (χ2n) is 5.04. The molecule has 0 aliphatic carbocycles. The molecule has 2 unspecified atom stereocenters. The lowest BCUT2D eigenvalue weighted by Crippen LogP contribution is -2.50. The molecule has 1 amide bonds. The molecule has 110 valence electrons. The fraction of sp³-hybridized carbons (Fsp3) is 0.571. The number of nitrogens with one attached hydrogen (secondary N) is 1. The lowest BCUT2D eigenvalue weighted by Gasteiger charge is -2.37. The zero-order chi connectivity index (χ0) is 13.1. The molecule has 20 heavy (non-hydrogen) atoms. The molecule has 2 saturated heterocycles. The third-order valence-electron chi connectivity index (χ3n) is 3.80. The molecular formula is C14H20ClN3OS. The van der Waals surface area contributed by atoms with Crippen molar-refractivity contribution in [2.24, 2.45) is 0 Å². The molecule has 0 saturated carbocycles. The largest absolute Gasteiger partial charge is 0.332 e. The van der Waals surface area contributed by atoms with Crippen molar-refractivity contribution in [1.29, 1.82) is 0 Å². The summed E-state index contributed by atoms with van der Waals surface area (Å²) >= 11 is 1.81. The zero-order valence-electron chi connectivity index (χ0n) is 11.3. The topological polar surface area (TPSA) is 45.2 Å². The molecule has 0 spiro atoms. The van der Waals surface area contributed by atoms with Gasteiger partial charge in [0.25, 0.3) is 0 Å². The third kappa shape index (κ3) is 3.27. The number of rotatable bonds is 2. The lowest BCUT2D eigenvalue weighted by molar-refractivity contribution is -0.134. The molecule has 0 bridgehead atoms. The third-order valence-corrected chi connectivity index (χ3v) is 5.16. The van der Waals surface area contributed by atoms with E-state index in [4.69, 9.17) is 0 Å². The van der Waals surface area contributed by atoms with Crippen LogP contribution in [-0.2, 0) is 4.79 Å². The van der Waals surface area contributed by atoms with Gasteiger partial charge in [0.1, 0.15) is 0 Å². The maximum Gasteiger partial charge on any atom is 0.236 e. The van der Waals surface area contributed by atoms with Gasteiger partial charge >= 0.3 is 0 Å². The molecule has 2 fully saturated rings. The fourth-order valence-corrected chi connectivity index (χ4v) is 4.03. The Morgan fingerprint density at radius 3 is 3.10 bits per heavy atom. The van der Waals surface area contributed by atoms with Crippen molar-refractivity contribution < 1.29 is 4.79 Å². The first-order valence-corrected chi connectivity index (χ1v) is 7.94. The van der Waals surface area contributed by atoms with Crippen molar-refractivity contribution in [2.45, 2.75) is 24.1 Å². The van der Waals surface area contributed by atoms with Gasteiger partial charge in [0.05, 0.1) is 11.3 Å². The van der Waals surface area contributed by atoms with Gasteiger partial charge in [0, 0.05) is 32.0 Å². The van der Waals surface area contributed by atoms with Crippen LogP contribution >= 0.6 is 24.2 Å². The van der Waals surface area contributed by atoms with E-state index in [2.05, 4.69) is 21.3 Å². The normalized spacial score (nSPS) is 26.1. The average molecular weight is 314 g/mol. The maximum atomic E-state index is 12.6. The highest BCUT2D eigenvalue weighted by Crippen LogP contribution is 2.31. The highest BCUT2D eigenvalue weighted by atomic mass is 35.5. The van der Waals surface area contributed by atoms with Crippen molar-refractivity contribution in [3.63, 3.8) is 0 Å². The number of halogens is 1. The van der Waals surface area contributed by atoms with Gasteiger partial charge in [-0.2, -0.15) is 0 Å². The van der Waals surface area contributed by atoms with Gasteiger partial charge in [0.15, 0.2) is 0 Å². The van der Waals surface area contributed by atoms with Crippen LogP contribution < -0.4 is 5.32 Å². The van der Waals surface area contributed by atoms with Crippen LogP contribution in [0.2, 0.25) is 0 Å². The van der Waals surface area contributed by atoms with Crippen molar-refractivity contribution in [3.05, 3.63) is 30.1 Å². The lowest BCUT2D eigenvalue weighted by atomic mass is 10.0. The van der Waals surface area contributed by atoms with Gasteiger partial charge in [-0.15, -0.1) is 24.2 Å². The molecule has 2 atom stereocenters. The molecule has 3 rings (SSSR count). The summed E-state index contributed by atoms with van der Waals surface area (Å²) in [4.78, 5) is 18.9. The van der Waals surface area contributed by atoms with Crippen molar-refractivity contribution in [2.75, 3.05) is 25.4 Å². The molecule has 0 radical (unpaired) electrons. The first kappa shape index (κ1) is 15.6. The summed E-state index contributed by atoms with van der Waals surface area (Å²) < 4.78 is 0. The Morgan fingerprint density at radius 2 is 2.40 bits per heavy atom. The summed E-state index contributed by atoms with van der Waals surface area (Å²) in [6, 6.07) is 4.14. The number of aromatic nitrogens is 1. The van der Waals surface area contributed by atoms with Crippen molar-refractivity contribution in [1.82, 2.24) is 15.2 Å². The second-order valence-corrected chi connectivity index (χ2v) is 6.35. The van der Waals surface area contributed by atoms with Crippen molar-refractivity contribution >= 4 is 30.1 Å². The first-order chi connectivity index (χ1) is 9.36. The molecule has 6 heteroatoms. The van der Waals surface area contributed by atoms with E-state index >= 15 is 0 Å². The highest BCUT2D eigenvalue weighted by Gasteiger charge is 2.34. The number of hydrogen-bond donors (Lipinski definition) is 1. The Kier molecular flexibility index (Phi) is 5.69. The molecule has 1 N–H and O–H groups in total. The van der Waals surface area contributed by atoms with E-state index in [1.807, 2.05) is 24.0 Å². The van der Waals surface area contributed by atoms with Gasteiger partial charge in [-0.05, 0) is 30.2 Å². The number of pyridine rings is 1. The number of thioether (sulfide) groups is 1. The Bertz CT molecular complexity index is 439. The van der Waals surface area contributed by atoms with Crippen molar-refractivity contribution in [3.8, 4) is 0 Å². The van der Waals surface area contributed by atoms with Crippen LogP contribution in [0.25, 0.3) is 0 Å². The molecular weight excluding hydrogens is 294 g/mol. The summed E-state index contributed by atoms with van der Waals surface area (Å²) in [5, 5.41) is 3.56. The van der Waals surface area contributed by atoms with E-state index in [1.54, 1.807) is 6.20 Å². The van der Waals surface area contributed by atoms with Crippen LogP contribution in [0.1, 0.15) is 24.4 Å². The van der Waals surface area contributed by atoms with E-state index in [0.29, 0.717) is 5.91 Å². The van der Waals surface area contributed by atoms with Crippen LogP contribution in [0.15, 0.2) is 24.5 Å². The van der Waals surface area contributed by atoms with E-state index in [9.17, 15) is 4.79 Å². The summed E-state index contributed by atoms with van der Waals surface area (Å²) in [5.74, 6) is 1.44. The minimum Gasteiger partial charge on any atom is -0.332 e. The van der Waals surface area contributed by atoms with Crippen LogP contribution in [0, 0.1) is 0 Å². The van der Waals surface area contributed by atoms with E-state index in [-0.39, 0.29) is 23.7 Å². The standard InChI is InChI=1S/C14H19N3OS.ClH/c18-14(13-4-2-8-19-13)17-7-6-16-10-12(17)11-3-1-5-15-9-11;/h1,3,5,9,12-13,16H,2,4,6-8,10H2;1H. The predicted molar refractivity (Wildman–Crippen MR) is 84.3 cm³/mol. The zero-order valence-corrected chi connectivity index (χ0v) is 13.0. The molecule has 4 nitrogen and oxygen atoms in total. The van der Waals surface area contributed by atoms with E-state index in [0.717, 1.165) is 37.4 Å². The maximum absolute atomic E-state index is 12.6. The van der Waals surface area contributed by atoms with Crippen LogP contribution in [0.3, 0.4) is 0 Å². The average Bonchev–Trinajstić information content (AvgIpc) is 3.02. The molecule has 1 aromatic heterocycles. The Morgan fingerprint density at radius 1 is 1.50 bits per heavy atom. The van der Waals surface area contributed by atoms with Gasteiger partial charge in [0.2, 0.25) is 5.91 Å². The molecule has 2 aliphatic heterocycles. The van der Waals surface area contributed by atoms with Gasteiger partial charge in [-0.1, -0.05) is 6.07 Å². The Balaban J connectivity index is 0.00000147. The van der Waals surface area contributed by atoms with Gasteiger partial charge in [-0.3, -0.25) is 9.78 Å². The monoisotopic (exact) mass is 313 g/mol. The van der Waals surface area contributed by atoms with E-state index in [1.165, 1.54) is 6.42 Å². The quantitative estimate of drug-likeness (QED) is 0.905. The van der Waals surface area contributed by atoms with E-state index < -0.39 is 0 Å². The number of nitrogens with zero attached hydrogens (tertiary/aromatic N) is 2. The molecule has 0 aromatic carbocycles. The highest BCUT2D eigenvalue weighted by molar-refractivity contribution is 8.00. The number of carbonyl (C=O) groups is 1. The number of piperazine rings is 1. The molecule has 1 aromatic rings. The predicted octanol–water partition coefficient (Wildman–Crippen LogP) is 1.87. The van der Waals surface area contributed by atoms with Gasteiger partial charge < -0.3 is 10.2 Å². The molecule has 2 aliphatic rings. The van der Waals surface area contributed by atoms with Crippen LogP contribution in [0.5, 0.6) is 0 Å². The van der Waals surface area contributed by atoms with Gasteiger partial charge in [-0.25, -0.2) is 0 Å². The summed E-state index contributed by atoms with van der Waals surface area (Å²) in [6.07, 6.45) is 5.86. The van der Waals surface area contributed by atoms with Crippen LogP contribution in [-0.4, -0.2) is 46.4 Å². The summed E-state index contributed by atoms with van der Waals surface area (Å²) in [6.45, 7) is 2.52. The Hall–Kier alpha value is -0.780. The smallest absolute Gasteiger partial charge is 0.236 e.